The summed E-state index contributed by atoms with van der Waals surface area (Å²) in [4.78, 5) is -0.0366. The van der Waals surface area contributed by atoms with Crippen molar-refractivity contribution in [3.63, 3.8) is 0 Å². The molecule has 0 saturated carbocycles. The number of nitrogens with zero attached hydrogens (tertiary/aromatic N) is 1. The van der Waals surface area contributed by atoms with Crippen LogP contribution in [0.3, 0.4) is 0 Å². The maximum absolute atomic E-state index is 13.3. The molecule has 0 N–H and O–H groups in total. The van der Waals surface area contributed by atoms with Crippen molar-refractivity contribution in [3.8, 4) is 5.75 Å². The molecule has 0 aliphatic heterocycles. The molecule has 1 unspecified atom stereocenters. The molecule has 0 aromatic heterocycles. The van der Waals surface area contributed by atoms with Crippen LogP contribution < -0.4 is 4.74 Å². The van der Waals surface area contributed by atoms with Gasteiger partial charge in [0.1, 0.15) is 11.6 Å². The van der Waals surface area contributed by atoms with Crippen molar-refractivity contribution in [2.45, 2.75) is 24.8 Å². The highest BCUT2D eigenvalue weighted by Gasteiger charge is 2.29. The van der Waals surface area contributed by atoms with Crippen LogP contribution in [-0.4, -0.2) is 26.4 Å². The molecule has 0 radical (unpaired) electrons. The van der Waals surface area contributed by atoms with Crippen LogP contribution in [0.5, 0.6) is 5.75 Å². The predicted molar refractivity (Wildman–Crippen MR) is 92.4 cm³/mol. The lowest BCUT2D eigenvalue weighted by atomic mass is 10.1. The van der Waals surface area contributed by atoms with Gasteiger partial charge in [-0.2, -0.15) is 4.31 Å². The Bertz CT molecular complexity index is 826. The summed E-state index contributed by atoms with van der Waals surface area (Å²) >= 11 is 5.73. The lowest BCUT2D eigenvalue weighted by Crippen LogP contribution is -2.33. The summed E-state index contributed by atoms with van der Waals surface area (Å²) in [5.41, 5.74) is 0.799. The Labute approximate surface area is 146 Å². The van der Waals surface area contributed by atoms with Crippen molar-refractivity contribution in [3.05, 3.63) is 58.9 Å². The first-order valence-electron chi connectivity index (χ1n) is 7.42. The maximum atomic E-state index is 13.3. The van der Waals surface area contributed by atoms with Gasteiger partial charge in [-0.15, -0.1) is 0 Å². The third-order valence-electron chi connectivity index (χ3n) is 3.82. The van der Waals surface area contributed by atoms with Gasteiger partial charge in [0.25, 0.3) is 0 Å². The monoisotopic (exact) mass is 371 g/mol. The maximum Gasteiger partial charge on any atom is 0.243 e. The summed E-state index contributed by atoms with van der Waals surface area (Å²) < 4.78 is 45.7. The molecule has 2 aromatic carbocycles. The fraction of sp³-hybridized carbons (Fsp3) is 0.294. The second-order valence-corrected chi connectivity index (χ2v) is 7.53. The first-order valence-corrected chi connectivity index (χ1v) is 9.24. The zero-order valence-electron chi connectivity index (χ0n) is 13.7. The third kappa shape index (κ3) is 3.71. The summed E-state index contributed by atoms with van der Waals surface area (Å²) in [5.74, 6) is -0.00265. The Morgan fingerprint density at radius 2 is 1.96 bits per heavy atom. The molecule has 0 aliphatic carbocycles. The molecule has 0 spiro atoms. The summed E-state index contributed by atoms with van der Waals surface area (Å²) in [7, 11) is -2.26. The molecule has 0 saturated heterocycles. The van der Waals surface area contributed by atoms with Crippen LogP contribution in [0.1, 0.15) is 25.5 Å². The molecule has 130 valence electrons. The number of hydrogen-bond donors (Lipinski definition) is 0. The van der Waals surface area contributed by atoms with Crippen molar-refractivity contribution >= 4 is 21.6 Å². The smallest absolute Gasteiger partial charge is 0.243 e. The summed E-state index contributed by atoms with van der Waals surface area (Å²) in [6.07, 6.45) is 0. The molecule has 0 heterocycles. The van der Waals surface area contributed by atoms with Gasteiger partial charge in [0.15, 0.2) is 0 Å². The Morgan fingerprint density at radius 1 is 1.25 bits per heavy atom. The van der Waals surface area contributed by atoms with Crippen molar-refractivity contribution < 1.29 is 17.5 Å². The number of benzene rings is 2. The highest BCUT2D eigenvalue weighted by atomic mass is 35.5. The van der Waals surface area contributed by atoms with E-state index in [1.54, 1.807) is 39.2 Å². The Balaban J connectivity index is 2.43. The summed E-state index contributed by atoms with van der Waals surface area (Å²) in [5, 5.41) is -0.221. The molecular formula is C17H19ClFNO3S. The average Bonchev–Trinajstić information content (AvgIpc) is 2.57. The predicted octanol–water partition coefficient (Wildman–Crippen LogP) is 4.26. The van der Waals surface area contributed by atoms with Crippen LogP contribution in [0, 0.1) is 5.82 Å². The zero-order valence-corrected chi connectivity index (χ0v) is 15.2. The number of ether oxygens (including phenoxy) is 1. The fourth-order valence-corrected chi connectivity index (χ4v) is 4.39. The van der Waals surface area contributed by atoms with Gasteiger partial charge in [-0.25, -0.2) is 12.8 Å². The quantitative estimate of drug-likeness (QED) is 0.762. The largest absolute Gasteiger partial charge is 0.497 e. The zero-order chi connectivity index (χ0) is 17.9. The van der Waals surface area contributed by atoms with Gasteiger partial charge >= 0.3 is 0 Å². The Morgan fingerprint density at radius 3 is 2.54 bits per heavy atom. The van der Waals surface area contributed by atoms with Crippen LogP contribution in [0.15, 0.2) is 47.4 Å². The second kappa shape index (κ2) is 7.51. The lowest BCUT2D eigenvalue weighted by molar-refractivity contribution is 0.354. The first kappa shape index (κ1) is 18.7. The Kier molecular flexibility index (Phi) is 5.85. The van der Waals surface area contributed by atoms with Gasteiger partial charge in [-0.1, -0.05) is 30.7 Å². The molecular weight excluding hydrogens is 353 g/mol. The van der Waals surface area contributed by atoms with Crippen molar-refractivity contribution in [2.75, 3.05) is 13.7 Å². The van der Waals surface area contributed by atoms with Crippen LogP contribution in [-0.2, 0) is 10.0 Å². The lowest BCUT2D eigenvalue weighted by Gasteiger charge is -2.28. The van der Waals surface area contributed by atoms with Gasteiger partial charge in [-0.05, 0) is 42.8 Å². The highest BCUT2D eigenvalue weighted by molar-refractivity contribution is 7.89. The minimum atomic E-state index is -3.82. The summed E-state index contributed by atoms with van der Waals surface area (Å²) in [6, 6.07) is 10.2. The van der Waals surface area contributed by atoms with E-state index in [0.717, 1.165) is 17.7 Å². The van der Waals surface area contributed by atoms with Gasteiger partial charge < -0.3 is 4.74 Å². The Hall–Kier alpha value is -1.63. The number of rotatable bonds is 6. The van der Waals surface area contributed by atoms with E-state index in [1.165, 1.54) is 10.4 Å². The van der Waals surface area contributed by atoms with E-state index in [9.17, 15) is 12.8 Å². The first-order chi connectivity index (χ1) is 11.3. The van der Waals surface area contributed by atoms with E-state index in [2.05, 4.69) is 0 Å². The van der Waals surface area contributed by atoms with Crippen LogP contribution in [0.2, 0.25) is 5.02 Å². The number of methoxy groups -OCH3 is 1. The van der Waals surface area contributed by atoms with Gasteiger partial charge in [-0.3, -0.25) is 0 Å². The molecule has 0 aliphatic rings. The summed E-state index contributed by atoms with van der Waals surface area (Å²) in [6.45, 7) is 3.80. The van der Waals surface area contributed by atoms with Crippen molar-refractivity contribution in [1.82, 2.24) is 4.31 Å². The van der Waals surface area contributed by atoms with Gasteiger partial charge in [0.05, 0.1) is 17.0 Å². The van der Waals surface area contributed by atoms with E-state index in [-0.39, 0.29) is 16.5 Å². The molecule has 1 atom stereocenters. The molecule has 0 fully saturated rings. The topological polar surface area (TPSA) is 46.6 Å². The van der Waals surface area contributed by atoms with Gasteiger partial charge in [0.2, 0.25) is 10.0 Å². The van der Waals surface area contributed by atoms with Gasteiger partial charge in [0, 0.05) is 12.6 Å². The normalized spacial score (nSPS) is 13.1. The number of sulfonamides is 1. The van der Waals surface area contributed by atoms with E-state index in [0.29, 0.717) is 5.75 Å². The average molecular weight is 372 g/mol. The van der Waals surface area contributed by atoms with E-state index < -0.39 is 21.9 Å². The second-order valence-electron chi connectivity index (χ2n) is 5.24. The van der Waals surface area contributed by atoms with E-state index in [4.69, 9.17) is 16.3 Å². The van der Waals surface area contributed by atoms with Crippen LogP contribution >= 0.6 is 11.6 Å². The molecule has 24 heavy (non-hydrogen) atoms. The SMILES string of the molecule is CCN(C(C)c1cccc(OC)c1)S(=O)(=O)c1ccc(F)c(Cl)c1. The standard InChI is InChI=1S/C17H19ClFNO3S/c1-4-20(12(2)13-6-5-7-14(10-13)23-3)24(21,22)15-8-9-17(19)16(18)11-15/h5-12H,4H2,1-3H3. The fourth-order valence-electron chi connectivity index (χ4n) is 2.49. The molecule has 0 bridgehead atoms. The minimum Gasteiger partial charge on any atom is -0.497 e. The van der Waals surface area contributed by atoms with Crippen LogP contribution in [0.4, 0.5) is 4.39 Å². The number of hydrogen-bond acceptors (Lipinski definition) is 3. The molecule has 0 amide bonds. The molecule has 2 rings (SSSR count). The van der Waals surface area contributed by atoms with E-state index in [1.807, 2.05) is 6.07 Å². The van der Waals surface area contributed by atoms with Crippen molar-refractivity contribution in [1.29, 1.82) is 0 Å². The molecule has 4 nitrogen and oxygen atoms in total. The minimum absolute atomic E-state index is 0.0366. The third-order valence-corrected chi connectivity index (χ3v) is 6.15. The molecule has 2 aromatic rings. The molecule has 7 heteroatoms. The highest BCUT2D eigenvalue weighted by Crippen LogP contribution is 2.30. The van der Waals surface area contributed by atoms with Crippen molar-refractivity contribution in [2.24, 2.45) is 0 Å². The number of halogens is 2. The van der Waals surface area contributed by atoms with Crippen LogP contribution in [0.25, 0.3) is 0 Å². The van der Waals surface area contributed by atoms with E-state index >= 15 is 0 Å².